The summed E-state index contributed by atoms with van der Waals surface area (Å²) in [5.74, 6) is 0. The van der Waals surface area contributed by atoms with E-state index >= 15 is 0 Å². The Bertz CT molecular complexity index is 2540. The number of aromatic nitrogens is 1. The molecule has 9 aromatic rings. The van der Waals surface area contributed by atoms with Gasteiger partial charge in [-0.3, -0.25) is 4.98 Å². The summed E-state index contributed by atoms with van der Waals surface area (Å²) in [6.07, 6.45) is 3.98. The summed E-state index contributed by atoms with van der Waals surface area (Å²) in [6.45, 7) is 8.76. The number of nitrogens with zero attached hydrogens (tertiary/aromatic N) is 1. The molecule has 1 nitrogen and oxygen atoms in total. The van der Waals surface area contributed by atoms with E-state index in [2.05, 4.69) is 143 Å². The predicted octanol–water partition coefficient (Wildman–Crippen LogP) is 13.7. The first-order chi connectivity index (χ1) is 23.4. The van der Waals surface area contributed by atoms with Crippen LogP contribution in [0, 0.1) is 27.7 Å². The summed E-state index contributed by atoms with van der Waals surface area (Å²) in [4.78, 5) is 4.75. The molecule has 230 valence electrons. The van der Waals surface area contributed by atoms with E-state index in [9.17, 15) is 0 Å². The van der Waals surface area contributed by atoms with Crippen LogP contribution in [0.1, 0.15) is 22.3 Å². The highest BCUT2D eigenvalue weighted by Crippen LogP contribution is 2.43. The van der Waals surface area contributed by atoms with Gasteiger partial charge in [0.25, 0.3) is 0 Å². The molecule has 0 atom stereocenters. The lowest BCUT2D eigenvalue weighted by Gasteiger charge is -2.11. The molecule has 3 heterocycles. The minimum absolute atomic E-state index is 1.12. The Morgan fingerprint density at radius 3 is 1.27 bits per heavy atom. The van der Waals surface area contributed by atoms with Gasteiger partial charge < -0.3 is 0 Å². The maximum Gasteiger partial charge on any atom is 0.0434 e. The average molecular weight is 652 g/mol. The quantitative estimate of drug-likeness (QED) is 0.185. The van der Waals surface area contributed by atoms with Crippen LogP contribution in [0.15, 0.2) is 128 Å². The van der Waals surface area contributed by atoms with Crippen molar-refractivity contribution in [2.45, 2.75) is 27.7 Å². The van der Waals surface area contributed by atoms with Gasteiger partial charge in [0.15, 0.2) is 0 Å². The van der Waals surface area contributed by atoms with Crippen molar-refractivity contribution in [3.63, 3.8) is 0 Å². The van der Waals surface area contributed by atoms with E-state index in [1.165, 1.54) is 96.0 Å². The first-order valence-corrected chi connectivity index (χ1v) is 18.0. The van der Waals surface area contributed by atoms with Crippen molar-refractivity contribution >= 4 is 63.0 Å². The molecule has 9 rings (SSSR count). The van der Waals surface area contributed by atoms with E-state index < -0.39 is 0 Å². The molecular weight excluding hydrogens is 619 g/mol. The summed E-state index contributed by atoms with van der Waals surface area (Å²) >= 11 is 3.79. The SMILES string of the molecule is Cc1ccc2sc3c(-c4cccc(-c5cncc(-c6cccc(-c7cc(C)cc8c7sc7ccc(C)cc78)c6)c5)c4)cc(C)cc3c2c1. The zero-order chi connectivity index (χ0) is 32.5. The van der Waals surface area contributed by atoms with Crippen molar-refractivity contribution < 1.29 is 0 Å². The van der Waals surface area contributed by atoms with Gasteiger partial charge in [0.2, 0.25) is 0 Å². The van der Waals surface area contributed by atoms with Crippen LogP contribution in [-0.4, -0.2) is 4.98 Å². The molecule has 0 saturated heterocycles. The zero-order valence-electron chi connectivity index (χ0n) is 27.4. The van der Waals surface area contributed by atoms with Gasteiger partial charge in [-0.2, -0.15) is 0 Å². The molecule has 0 saturated carbocycles. The van der Waals surface area contributed by atoms with Gasteiger partial charge in [-0.25, -0.2) is 0 Å². The fourth-order valence-electron chi connectivity index (χ4n) is 7.19. The number of aryl methyl sites for hydroxylation is 4. The second-order valence-corrected chi connectivity index (χ2v) is 15.3. The van der Waals surface area contributed by atoms with Crippen LogP contribution < -0.4 is 0 Å². The fourth-order valence-corrected chi connectivity index (χ4v) is 9.59. The first-order valence-electron chi connectivity index (χ1n) is 16.4. The molecule has 48 heavy (non-hydrogen) atoms. The third kappa shape index (κ3) is 4.93. The maximum absolute atomic E-state index is 4.75. The van der Waals surface area contributed by atoms with Crippen LogP contribution in [-0.2, 0) is 0 Å². The minimum Gasteiger partial charge on any atom is -0.263 e. The van der Waals surface area contributed by atoms with Crippen LogP contribution in [0.3, 0.4) is 0 Å². The Morgan fingerprint density at radius 1 is 0.375 bits per heavy atom. The Hall–Kier alpha value is -5.09. The average Bonchev–Trinajstić information content (AvgIpc) is 3.65. The van der Waals surface area contributed by atoms with Crippen molar-refractivity contribution in [1.82, 2.24) is 4.98 Å². The van der Waals surface area contributed by atoms with Crippen molar-refractivity contribution in [2.24, 2.45) is 0 Å². The predicted molar refractivity (Wildman–Crippen MR) is 211 cm³/mol. The fraction of sp³-hybridized carbons (Fsp3) is 0.0889. The highest BCUT2D eigenvalue weighted by molar-refractivity contribution is 7.26. The number of hydrogen-bond acceptors (Lipinski definition) is 3. The Labute approximate surface area is 288 Å². The van der Waals surface area contributed by atoms with E-state index in [0.717, 1.165) is 11.1 Å². The molecule has 0 unspecified atom stereocenters. The third-order valence-electron chi connectivity index (χ3n) is 9.49. The zero-order valence-corrected chi connectivity index (χ0v) is 29.0. The summed E-state index contributed by atoms with van der Waals surface area (Å²) in [7, 11) is 0. The van der Waals surface area contributed by atoms with Crippen molar-refractivity contribution in [2.75, 3.05) is 0 Å². The monoisotopic (exact) mass is 651 g/mol. The minimum atomic E-state index is 1.12. The summed E-state index contributed by atoms with van der Waals surface area (Å²) in [5, 5.41) is 5.40. The van der Waals surface area contributed by atoms with E-state index in [1.807, 2.05) is 35.1 Å². The smallest absolute Gasteiger partial charge is 0.0434 e. The number of fused-ring (bicyclic) bond motifs is 6. The first kappa shape index (κ1) is 29.1. The molecule has 0 spiro atoms. The maximum atomic E-state index is 4.75. The highest BCUT2D eigenvalue weighted by Gasteiger charge is 2.15. The number of pyridine rings is 1. The molecule has 0 amide bonds. The third-order valence-corrected chi connectivity index (χ3v) is 11.9. The number of thiophene rings is 2. The standard InChI is InChI=1S/C45H33NS2/c1-26-11-13-42-38(15-26)40-19-28(3)17-36(44(40)47-42)32-9-5-7-30(21-32)34-23-35(25-46-24-34)31-8-6-10-33(22-31)37-18-29(4)20-41-39-16-27(2)12-14-43(39)48-45(37)41/h5-25H,1-4H3. The number of hydrogen-bond donors (Lipinski definition) is 0. The van der Waals surface area contributed by atoms with Crippen molar-refractivity contribution in [3.05, 3.63) is 150 Å². The highest BCUT2D eigenvalue weighted by atomic mass is 32.1. The number of benzene rings is 6. The summed E-state index contributed by atoms with van der Waals surface area (Å²) < 4.78 is 5.38. The molecule has 3 heteroatoms. The van der Waals surface area contributed by atoms with E-state index in [0.29, 0.717) is 0 Å². The van der Waals surface area contributed by atoms with Crippen molar-refractivity contribution in [1.29, 1.82) is 0 Å². The molecule has 0 fully saturated rings. The lowest BCUT2D eigenvalue weighted by Crippen LogP contribution is -1.87. The van der Waals surface area contributed by atoms with Gasteiger partial charge in [0.05, 0.1) is 0 Å². The Morgan fingerprint density at radius 2 is 0.792 bits per heavy atom. The summed E-state index contributed by atoms with van der Waals surface area (Å²) in [5.41, 5.74) is 14.8. The van der Waals surface area contributed by atoms with Gasteiger partial charge in [0, 0.05) is 63.9 Å². The molecule has 0 aliphatic carbocycles. The van der Waals surface area contributed by atoms with Crippen LogP contribution in [0.5, 0.6) is 0 Å². The van der Waals surface area contributed by atoms with Gasteiger partial charge in [0.1, 0.15) is 0 Å². The normalized spacial score (nSPS) is 11.8. The second kappa shape index (κ2) is 11.3. The second-order valence-electron chi connectivity index (χ2n) is 13.2. The molecule has 0 N–H and O–H groups in total. The topological polar surface area (TPSA) is 12.9 Å². The molecule has 0 bridgehead atoms. The van der Waals surface area contributed by atoms with E-state index in [4.69, 9.17) is 4.98 Å². The van der Waals surface area contributed by atoms with Crippen LogP contribution in [0.25, 0.3) is 84.9 Å². The molecule has 0 aliphatic rings. The van der Waals surface area contributed by atoms with Gasteiger partial charge in [-0.05, 0) is 139 Å². The van der Waals surface area contributed by atoms with Crippen LogP contribution in [0.4, 0.5) is 0 Å². The van der Waals surface area contributed by atoms with Gasteiger partial charge in [-0.1, -0.05) is 59.7 Å². The van der Waals surface area contributed by atoms with E-state index in [1.54, 1.807) is 0 Å². The molecule has 0 radical (unpaired) electrons. The molecular formula is C45H33NS2. The molecule has 6 aromatic carbocycles. The Balaban J connectivity index is 1.12. The van der Waals surface area contributed by atoms with Crippen LogP contribution in [0.2, 0.25) is 0 Å². The lowest BCUT2D eigenvalue weighted by atomic mass is 9.94. The number of rotatable bonds is 4. The van der Waals surface area contributed by atoms with Crippen molar-refractivity contribution in [3.8, 4) is 44.5 Å². The van der Waals surface area contributed by atoms with Gasteiger partial charge in [-0.15, -0.1) is 22.7 Å². The molecule has 3 aromatic heterocycles. The Kier molecular flexibility index (Phi) is 6.82. The molecule has 0 aliphatic heterocycles. The van der Waals surface area contributed by atoms with Gasteiger partial charge >= 0.3 is 0 Å². The van der Waals surface area contributed by atoms with Crippen LogP contribution >= 0.6 is 22.7 Å². The lowest BCUT2D eigenvalue weighted by molar-refractivity contribution is 1.33. The largest absolute Gasteiger partial charge is 0.263 e. The van der Waals surface area contributed by atoms with E-state index in [-0.39, 0.29) is 0 Å². The summed E-state index contributed by atoms with van der Waals surface area (Å²) in [6, 6.07) is 43.2.